The van der Waals surface area contributed by atoms with Gasteiger partial charge >= 0.3 is 6.09 Å². The predicted molar refractivity (Wildman–Crippen MR) is 144 cm³/mol. The molecule has 1 amide bonds. The van der Waals surface area contributed by atoms with Crippen LogP contribution in [0.25, 0.3) is 10.2 Å². The van der Waals surface area contributed by atoms with Crippen molar-refractivity contribution < 1.29 is 14.3 Å². The third-order valence-corrected chi connectivity index (χ3v) is 6.75. The van der Waals surface area contributed by atoms with E-state index in [9.17, 15) is 4.79 Å². The molecule has 1 aliphatic rings. The van der Waals surface area contributed by atoms with Crippen LogP contribution in [-0.4, -0.2) is 46.3 Å². The number of hydrogen-bond donors (Lipinski definition) is 3. The van der Waals surface area contributed by atoms with E-state index in [4.69, 9.17) is 21.1 Å². The summed E-state index contributed by atoms with van der Waals surface area (Å²) in [6.07, 6.45) is 3.22. The first-order chi connectivity index (χ1) is 18.1. The first kappa shape index (κ1) is 24.8. The van der Waals surface area contributed by atoms with Gasteiger partial charge in [0.1, 0.15) is 18.2 Å². The molecule has 0 unspecified atom stereocenters. The molecule has 0 radical (unpaired) electrons. The molecular formula is C26H23ClN6O3S. The third-order valence-electron chi connectivity index (χ3n) is 5.41. The molecule has 9 nitrogen and oxygen atoms in total. The number of aromatic nitrogens is 3. The highest BCUT2D eigenvalue weighted by atomic mass is 35.5. The van der Waals surface area contributed by atoms with E-state index in [1.807, 2.05) is 31.2 Å². The Kier molecular flexibility index (Phi) is 7.65. The lowest BCUT2D eigenvalue weighted by Gasteiger charge is -2.10. The van der Waals surface area contributed by atoms with Crippen LogP contribution >= 0.6 is 22.9 Å². The number of fused-ring (bicyclic) bond motifs is 1. The van der Waals surface area contributed by atoms with E-state index in [2.05, 4.69) is 42.7 Å². The number of hydrogen-bond acceptors (Lipinski definition) is 9. The number of nitrogens with one attached hydrogen (secondary N) is 3. The van der Waals surface area contributed by atoms with Crippen molar-refractivity contribution in [2.45, 2.75) is 25.5 Å². The van der Waals surface area contributed by atoms with E-state index in [0.717, 1.165) is 20.8 Å². The molecule has 2 atom stereocenters. The van der Waals surface area contributed by atoms with Gasteiger partial charge < -0.3 is 20.1 Å². The number of halogens is 1. The first-order valence-corrected chi connectivity index (χ1v) is 12.9. The van der Waals surface area contributed by atoms with Gasteiger partial charge in [0.2, 0.25) is 5.88 Å². The fourth-order valence-electron chi connectivity index (χ4n) is 3.72. The van der Waals surface area contributed by atoms with Crippen LogP contribution in [0.15, 0.2) is 55.0 Å². The zero-order valence-corrected chi connectivity index (χ0v) is 21.4. The number of thiophene rings is 1. The largest absolute Gasteiger partial charge is 0.445 e. The lowest BCUT2D eigenvalue weighted by Crippen LogP contribution is -2.29. The summed E-state index contributed by atoms with van der Waals surface area (Å²) in [6, 6.07) is 12.7. The number of carbonyl (C=O) groups excluding carboxylic acids is 1. The number of amides is 1. The molecule has 0 aliphatic carbocycles. The summed E-state index contributed by atoms with van der Waals surface area (Å²) in [5.74, 6) is 8.08. The van der Waals surface area contributed by atoms with Gasteiger partial charge in [-0.05, 0) is 37.3 Å². The molecule has 1 aliphatic heterocycles. The van der Waals surface area contributed by atoms with E-state index in [1.54, 1.807) is 24.4 Å². The molecule has 1 aromatic carbocycles. The molecule has 3 aromatic heterocycles. The maximum Gasteiger partial charge on any atom is 0.407 e. The summed E-state index contributed by atoms with van der Waals surface area (Å²) < 4.78 is 12.0. The van der Waals surface area contributed by atoms with Gasteiger partial charge in [0.15, 0.2) is 5.82 Å². The minimum atomic E-state index is -0.400. The lowest BCUT2D eigenvalue weighted by atomic mass is 10.2. The Hall–Kier alpha value is -3.91. The Bertz CT molecular complexity index is 1470. The number of nitrogens with zero attached hydrogens (tertiary/aromatic N) is 3. The highest BCUT2D eigenvalue weighted by molar-refractivity contribution is 7.20. The molecule has 188 valence electrons. The second-order valence-corrected chi connectivity index (χ2v) is 9.57. The number of carbonyl (C=O) groups is 1. The van der Waals surface area contributed by atoms with Crippen molar-refractivity contribution >= 4 is 50.8 Å². The maximum absolute atomic E-state index is 11.6. The summed E-state index contributed by atoms with van der Waals surface area (Å²) in [6.45, 7) is 2.97. The topological polar surface area (TPSA) is 110 Å². The molecule has 37 heavy (non-hydrogen) atoms. The van der Waals surface area contributed by atoms with Crippen molar-refractivity contribution in [3.63, 3.8) is 0 Å². The summed E-state index contributed by atoms with van der Waals surface area (Å²) >= 11 is 7.95. The van der Waals surface area contributed by atoms with Crippen LogP contribution in [0.5, 0.6) is 11.6 Å². The van der Waals surface area contributed by atoms with E-state index in [1.165, 1.54) is 17.7 Å². The minimum Gasteiger partial charge on any atom is -0.445 e. The smallest absolute Gasteiger partial charge is 0.407 e. The normalized spacial score (nSPS) is 16.6. The van der Waals surface area contributed by atoms with Crippen LogP contribution in [0.4, 0.5) is 16.3 Å². The van der Waals surface area contributed by atoms with Gasteiger partial charge in [-0.15, -0.1) is 11.3 Å². The van der Waals surface area contributed by atoms with Gasteiger partial charge in [0, 0.05) is 37.5 Å². The van der Waals surface area contributed by atoms with Gasteiger partial charge in [0.25, 0.3) is 0 Å². The highest BCUT2D eigenvalue weighted by Crippen LogP contribution is 2.34. The molecule has 0 bridgehead atoms. The minimum absolute atomic E-state index is 0.0534. The van der Waals surface area contributed by atoms with Crippen molar-refractivity contribution in [3.8, 4) is 23.5 Å². The molecule has 11 heteroatoms. The SMILES string of the molecule is CCNC(=O)O[C@@H]1CN[C@@H](C#Cc2cc3ncnc(Nc4ccc(Oc5ccccn5)c(Cl)c4)c3s2)C1. The summed E-state index contributed by atoms with van der Waals surface area (Å²) in [5.41, 5.74) is 1.55. The van der Waals surface area contributed by atoms with Crippen molar-refractivity contribution in [2.75, 3.05) is 18.4 Å². The zero-order chi connectivity index (χ0) is 25.6. The van der Waals surface area contributed by atoms with Crippen LogP contribution in [-0.2, 0) is 4.74 Å². The van der Waals surface area contributed by atoms with Crippen LogP contribution in [0.1, 0.15) is 18.2 Å². The Balaban J connectivity index is 1.27. The number of benzene rings is 1. The number of ether oxygens (including phenoxy) is 2. The van der Waals surface area contributed by atoms with E-state index < -0.39 is 6.09 Å². The molecule has 1 fully saturated rings. The van der Waals surface area contributed by atoms with Crippen LogP contribution in [0.3, 0.4) is 0 Å². The third kappa shape index (κ3) is 6.27. The predicted octanol–water partition coefficient (Wildman–Crippen LogP) is 5.10. The number of anilines is 2. The second-order valence-electron chi connectivity index (χ2n) is 8.11. The molecule has 4 heterocycles. The van der Waals surface area contributed by atoms with Crippen molar-refractivity contribution in [3.05, 3.63) is 64.9 Å². The van der Waals surface area contributed by atoms with Crippen molar-refractivity contribution in [1.29, 1.82) is 0 Å². The number of pyridine rings is 1. The molecule has 5 rings (SSSR count). The summed E-state index contributed by atoms with van der Waals surface area (Å²) in [5, 5.41) is 9.68. The Morgan fingerprint density at radius 1 is 1.24 bits per heavy atom. The van der Waals surface area contributed by atoms with Crippen molar-refractivity contribution in [1.82, 2.24) is 25.6 Å². The maximum atomic E-state index is 11.6. The Labute approximate surface area is 222 Å². The fraction of sp³-hybridized carbons (Fsp3) is 0.231. The zero-order valence-electron chi connectivity index (χ0n) is 19.8. The summed E-state index contributed by atoms with van der Waals surface area (Å²) in [7, 11) is 0. The molecule has 3 N–H and O–H groups in total. The van der Waals surface area contributed by atoms with E-state index >= 15 is 0 Å². The van der Waals surface area contributed by atoms with Gasteiger partial charge in [-0.25, -0.2) is 19.7 Å². The molecule has 1 saturated heterocycles. The average molecular weight is 535 g/mol. The molecule has 0 saturated carbocycles. The summed E-state index contributed by atoms with van der Waals surface area (Å²) in [4.78, 5) is 25.4. The fourth-order valence-corrected chi connectivity index (χ4v) is 4.86. The highest BCUT2D eigenvalue weighted by Gasteiger charge is 2.25. The molecular weight excluding hydrogens is 512 g/mol. The van der Waals surface area contributed by atoms with Gasteiger partial charge in [-0.3, -0.25) is 5.32 Å². The van der Waals surface area contributed by atoms with Crippen LogP contribution in [0, 0.1) is 11.8 Å². The van der Waals surface area contributed by atoms with Gasteiger partial charge in [0.05, 0.1) is 26.2 Å². The van der Waals surface area contributed by atoms with E-state index in [0.29, 0.717) is 42.0 Å². The quantitative estimate of drug-likeness (QED) is 0.293. The Morgan fingerprint density at radius 3 is 2.97 bits per heavy atom. The monoisotopic (exact) mass is 534 g/mol. The van der Waals surface area contributed by atoms with Crippen LogP contribution < -0.4 is 20.7 Å². The number of alkyl carbamates (subject to hydrolysis) is 1. The van der Waals surface area contributed by atoms with Crippen molar-refractivity contribution in [2.24, 2.45) is 0 Å². The average Bonchev–Trinajstić information content (AvgIpc) is 3.52. The molecule has 4 aromatic rings. The van der Waals surface area contributed by atoms with E-state index in [-0.39, 0.29) is 12.1 Å². The number of rotatable bonds is 6. The first-order valence-electron chi connectivity index (χ1n) is 11.7. The second kappa shape index (κ2) is 11.4. The Morgan fingerprint density at radius 2 is 2.16 bits per heavy atom. The molecule has 0 spiro atoms. The standard InChI is InChI=1S/C26H23ClN6O3S/c1-2-28-26(34)35-18-11-16(30-14-18)6-8-19-13-21-24(37-19)25(32-15-31-21)33-17-7-9-22(20(27)12-17)36-23-5-3-4-10-29-23/h3-5,7,9-10,12-13,15-16,18,30H,2,11,14H2,1H3,(H,28,34)(H,31,32,33)/t16-,18-/m0/s1. The van der Waals surface area contributed by atoms with Gasteiger partial charge in [-0.2, -0.15) is 0 Å². The lowest BCUT2D eigenvalue weighted by molar-refractivity contribution is 0.107. The van der Waals surface area contributed by atoms with Crippen LogP contribution in [0.2, 0.25) is 5.02 Å². The van der Waals surface area contributed by atoms with Gasteiger partial charge in [-0.1, -0.05) is 29.5 Å².